The Hall–Kier alpha value is -1.61. The van der Waals surface area contributed by atoms with E-state index >= 15 is 0 Å². The Morgan fingerprint density at radius 2 is 2.06 bits per heavy atom. The number of aromatic nitrogens is 2. The maximum absolute atomic E-state index is 5.78. The van der Waals surface area contributed by atoms with E-state index in [-0.39, 0.29) is 0 Å². The summed E-state index contributed by atoms with van der Waals surface area (Å²) >= 11 is 5.78. The van der Waals surface area contributed by atoms with Gasteiger partial charge in [0.15, 0.2) is 5.82 Å². The molecule has 0 aliphatic carbocycles. The Balaban J connectivity index is 2.24. The van der Waals surface area contributed by atoms with Gasteiger partial charge >= 0.3 is 0 Å². The molecule has 16 heavy (non-hydrogen) atoms. The van der Waals surface area contributed by atoms with Crippen LogP contribution in [0.2, 0.25) is 0 Å². The molecule has 0 atom stereocenters. The molecule has 0 saturated heterocycles. The highest BCUT2D eigenvalue weighted by Gasteiger charge is 2.00. The zero-order valence-corrected chi connectivity index (χ0v) is 9.70. The zero-order chi connectivity index (χ0) is 11.4. The molecule has 0 aliphatic heterocycles. The summed E-state index contributed by atoms with van der Waals surface area (Å²) in [6.45, 7) is 1.92. The fourth-order valence-electron chi connectivity index (χ4n) is 1.40. The molecule has 1 aromatic carbocycles. The van der Waals surface area contributed by atoms with E-state index in [0.717, 1.165) is 22.8 Å². The normalized spacial score (nSPS) is 10.1. The molecule has 1 aromatic heterocycles. The Morgan fingerprint density at radius 3 is 2.81 bits per heavy atom. The van der Waals surface area contributed by atoms with E-state index in [9.17, 15) is 0 Å². The number of benzene rings is 1. The molecule has 4 heteroatoms. The van der Waals surface area contributed by atoms with Crippen molar-refractivity contribution in [2.24, 2.45) is 0 Å². The molecule has 0 amide bonds. The number of hydrogen-bond acceptors (Lipinski definition) is 3. The predicted molar refractivity (Wildman–Crippen MR) is 66.1 cm³/mol. The summed E-state index contributed by atoms with van der Waals surface area (Å²) in [5.41, 5.74) is 2.92. The van der Waals surface area contributed by atoms with E-state index in [1.165, 1.54) is 0 Å². The van der Waals surface area contributed by atoms with Crippen LogP contribution in [0.15, 0.2) is 36.7 Å². The fourth-order valence-corrected chi connectivity index (χ4v) is 1.57. The van der Waals surface area contributed by atoms with Crippen molar-refractivity contribution in [1.82, 2.24) is 9.97 Å². The summed E-state index contributed by atoms with van der Waals surface area (Å²) in [5, 5.41) is 3.21. The number of nitrogens with zero attached hydrogens (tertiary/aromatic N) is 2. The van der Waals surface area contributed by atoms with Crippen molar-refractivity contribution in [2.45, 2.75) is 12.8 Å². The van der Waals surface area contributed by atoms with Crippen molar-refractivity contribution in [3.05, 3.63) is 47.9 Å². The molecular formula is C12H12ClN3. The molecule has 0 fully saturated rings. The minimum Gasteiger partial charge on any atom is -0.339 e. The molecule has 0 spiro atoms. The minimum absolute atomic E-state index is 0.509. The smallest absolute Gasteiger partial charge is 0.151 e. The zero-order valence-electron chi connectivity index (χ0n) is 8.94. The molecule has 0 radical (unpaired) electrons. The lowest BCUT2D eigenvalue weighted by Crippen LogP contribution is -1.97. The summed E-state index contributed by atoms with van der Waals surface area (Å²) < 4.78 is 0. The second-order valence-corrected chi connectivity index (χ2v) is 3.72. The van der Waals surface area contributed by atoms with Crippen molar-refractivity contribution in [3.8, 4) is 0 Å². The SMILES string of the molecule is Cc1nccnc1Nc1cccc(CCl)c1. The average Bonchev–Trinajstić information content (AvgIpc) is 2.32. The van der Waals surface area contributed by atoms with Crippen molar-refractivity contribution >= 4 is 23.1 Å². The average molecular weight is 234 g/mol. The maximum atomic E-state index is 5.78. The van der Waals surface area contributed by atoms with Crippen molar-refractivity contribution < 1.29 is 0 Å². The summed E-state index contributed by atoms with van der Waals surface area (Å²) in [6, 6.07) is 7.93. The molecular weight excluding hydrogens is 222 g/mol. The topological polar surface area (TPSA) is 37.8 Å². The standard InChI is InChI=1S/C12H12ClN3/c1-9-12(15-6-5-14-9)16-11-4-2-3-10(7-11)8-13/h2-7H,8H2,1H3,(H,15,16). The minimum atomic E-state index is 0.509. The second-order valence-electron chi connectivity index (χ2n) is 3.45. The van der Waals surface area contributed by atoms with Gasteiger partial charge in [-0.25, -0.2) is 4.98 Å². The van der Waals surface area contributed by atoms with Gasteiger partial charge in [0, 0.05) is 24.0 Å². The first-order valence-electron chi connectivity index (χ1n) is 4.99. The molecule has 1 N–H and O–H groups in total. The Kier molecular flexibility index (Phi) is 3.37. The van der Waals surface area contributed by atoms with E-state index < -0.39 is 0 Å². The van der Waals surface area contributed by atoms with E-state index in [1.807, 2.05) is 31.2 Å². The van der Waals surface area contributed by atoms with E-state index in [0.29, 0.717) is 5.88 Å². The first kappa shape index (κ1) is 10.9. The summed E-state index contributed by atoms with van der Waals surface area (Å²) in [5.74, 6) is 1.28. The molecule has 0 unspecified atom stereocenters. The van der Waals surface area contributed by atoms with E-state index in [1.54, 1.807) is 12.4 Å². The summed E-state index contributed by atoms with van der Waals surface area (Å²) in [6.07, 6.45) is 3.34. The molecule has 3 nitrogen and oxygen atoms in total. The van der Waals surface area contributed by atoms with Gasteiger partial charge in [-0.05, 0) is 24.6 Å². The van der Waals surface area contributed by atoms with Gasteiger partial charge in [0.05, 0.1) is 5.69 Å². The Morgan fingerprint density at radius 1 is 1.25 bits per heavy atom. The van der Waals surface area contributed by atoms with Crippen LogP contribution in [-0.4, -0.2) is 9.97 Å². The third-order valence-electron chi connectivity index (χ3n) is 2.23. The van der Waals surface area contributed by atoms with Gasteiger partial charge in [-0.1, -0.05) is 12.1 Å². The van der Waals surface area contributed by atoms with Gasteiger partial charge in [0.1, 0.15) is 0 Å². The lowest BCUT2D eigenvalue weighted by molar-refractivity contribution is 1.12. The molecule has 1 heterocycles. The number of anilines is 2. The lowest BCUT2D eigenvalue weighted by atomic mass is 10.2. The van der Waals surface area contributed by atoms with Crippen LogP contribution < -0.4 is 5.32 Å². The van der Waals surface area contributed by atoms with Crippen LogP contribution in [0.5, 0.6) is 0 Å². The van der Waals surface area contributed by atoms with Gasteiger partial charge in [-0.2, -0.15) is 0 Å². The number of aryl methyl sites for hydroxylation is 1. The van der Waals surface area contributed by atoms with Crippen molar-refractivity contribution in [2.75, 3.05) is 5.32 Å². The molecule has 0 saturated carbocycles. The third kappa shape index (κ3) is 2.49. The maximum Gasteiger partial charge on any atom is 0.151 e. The molecule has 82 valence electrons. The van der Waals surface area contributed by atoms with Gasteiger partial charge < -0.3 is 5.32 Å². The largest absolute Gasteiger partial charge is 0.339 e. The van der Waals surface area contributed by atoms with E-state index in [2.05, 4.69) is 15.3 Å². The van der Waals surface area contributed by atoms with Gasteiger partial charge in [0.2, 0.25) is 0 Å². The first-order valence-corrected chi connectivity index (χ1v) is 5.52. The number of rotatable bonds is 3. The summed E-state index contributed by atoms with van der Waals surface area (Å²) in [4.78, 5) is 8.39. The van der Waals surface area contributed by atoms with Gasteiger partial charge in [-0.15, -0.1) is 11.6 Å². The van der Waals surface area contributed by atoms with Gasteiger partial charge in [-0.3, -0.25) is 4.98 Å². The quantitative estimate of drug-likeness (QED) is 0.827. The Bertz CT molecular complexity index is 485. The highest BCUT2D eigenvalue weighted by atomic mass is 35.5. The van der Waals surface area contributed by atoms with Crippen LogP contribution in [0, 0.1) is 6.92 Å². The van der Waals surface area contributed by atoms with Crippen molar-refractivity contribution in [1.29, 1.82) is 0 Å². The second kappa shape index (κ2) is 4.94. The number of hydrogen-bond donors (Lipinski definition) is 1. The van der Waals surface area contributed by atoms with Crippen molar-refractivity contribution in [3.63, 3.8) is 0 Å². The van der Waals surface area contributed by atoms with Gasteiger partial charge in [0.25, 0.3) is 0 Å². The van der Waals surface area contributed by atoms with Crippen LogP contribution in [0.25, 0.3) is 0 Å². The van der Waals surface area contributed by atoms with E-state index in [4.69, 9.17) is 11.6 Å². The van der Waals surface area contributed by atoms with Crippen LogP contribution in [-0.2, 0) is 5.88 Å². The molecule has 0 bridgehead atoms. The van der Waals surface area contributed by atoms with Crippen LogP contribution in [0.1, 0.15) is 11.3 Å². The third-order valence-corrected chi connectivity index (χ3v) is 2.53. The van der Waals surface area contributed by atoms with Crippen LogP contribution in [0.4, 0.5) is 11.5 Å². The molecule has 2 rings (SSSR count). The van der Waals surface area contributed by atoms with Crippen LogP contribution >= 0.6 is 11.6 Å². The Labute approximate surface area is 99.5 Å². The number of halogens is 1. The number of alkyl halides is 1. The van der Waals surface area contributed by atoms with Crippen LogP contribution in [0.3, 0.4) is 0 Å². The highest BCUT2D eigenvalue weighted by Crippen LogP contribution is 2.18. The monoisotopic (exact) mass is 233 g/mol. The molecule has 2 aromatic rings. The lowest BCUT2D eigenvalue weighted by Gasteiger charge is -2.08. The predicted octanol–water partition coefficient (Wildman–Crippen LogP) is 3.27. The fraction of sp³-hybridized carbons (Fsp3) is 0.167. The number of nitrogens with one attached hydrogen (secondary N) is 1. The molecule has 0 aliphatic rings. The first-order chi connectivity index (χ1) is 7.79. The summed E-state index contributed by atoms with van der Waals surface area (Å²) in [7, 11) is 0. The highest BCUT2D eigenvalue weighted by molar-refractivity contribution is 6.17.